The van der Waals surface area contributed by atoms with Crippen LogP contribution in [0.5, 0.6) is 0 Å². The third kappa shape index (κ3) is 4.03. The number of carbonyl (C=O) groups excluding carboxylic acids is 2. The fraction of sp³-hybridized carbons (Fsp3) is 0.259. The Morgan fingerprint density at radius 3 is 2.03 bits per heavy atom. The van der Waals surface area contributed by atoms with Crippen molar-refractivity contribution in [3.05, 3.63) is 94.0 Å². The summed E-state index contributed by atoms with van der Waals surface area (Å²) < 4.78 is 0. The average Bonchev–Trinajstić information content (AvgIpc) is 2.76. The summed E-state index contributed by atoms with van der Waals surface area (Å²) in [5, 5.41) is 0.583. The van der Waals surface area contributed by atoms with Crippen LogP contribution in [0.3, 0.4) is 0 Å². The molecule has 0 spiro atoms. The van der Waals surface area contributed by atoms with Gasteiger partial charge in [0, 0.05) is 10.7 Å². The molecule has 2 amide bonds. The van der Waals surface area contributed by atoms with Crippen LogP contribution in [-0.4, -0.2) is 18.4 Å². The Morgan fingerprint density at radius 2 is 1.47 bits per heavy atom. The summed E-state index contributed by atoms with van der Waals surface area (Å²) in [7, 11) is 0. The van der Waals surface area contributed by atoms with Gasteiger partial charge in [-0.05, 0) is 66.3 Å². The van der Waals surface area contributed by atoms with Crippen molar-refractivity contribution in [2.45, 2.75) is 39.7 Å². The number of hydrogen-bond donors (Lipinski definition) is 0. The molecule has 1 aliphatic rings. The van der Waals surface area contributed by atoms with Gasteiger partial charge in [0.15, 0.2) is 0 Å². The Balaban J connectivity index is 1.84. The maximum absolute atomic E-state index is 14.0. The summed E-state index contributed by atoms with van der Waals surface area (Å²) in [5.74, 6) is 0.132. The van der Waals surface area contributed by atoms with E-state index in [1.54, 1.807) is 34.1 Å². The molecule has 1 unspecified atom stereocenters. The minimum absolute atomic E-state index is 0.00622. The number of aryl methyl sites for hydroxylation is 2. The van der Waals surface area contributed by atoms with Gasteiger partial charge in [0.25, 0.3) is 5.91 Å². The third-order valence-electron chi connectivity index (χ3n) is 6.05. The standard InChI is InChI=1S/C27H27ClN2O2/c1-17(2)20-8-10-21(11-9-20)26-27(32)29(25-18(3)6-5-7-19(25)4)16-24(31)30(26)23-14-12-22(28)13-15-23/h5-15,17,26H,16H2,1-4H3. The number of anilines is 2. The molecule has 164 valence electrons. The Bertz CT molecular complexity index is 1130. The van der Waals surface area contributed by atoms with E-state index in [9.17, 15) is 9.59 Å². The van der Waals surface area contributed by atoms with Crippen molar-refractivity contribution in [3.8, 4) is 0 Å². The number of nitrogens with zero attached hydrogens (tertiary/aromatic N) is 2. The summed E-state index contributed by atoms with van der Waals surface area (Å²) in [6.07, 6.45) is 0. The summed E-state index contributed by atoms with van der Waals surface area (Å²) in [4.78, 5) is 30.7. The van der Waals surface area contributed by atoms with E-state index in [0.717, 1.165) is 22.4 Å². The molecule has 0 N–H and O–H groups in total. The number of carbonyl (C=O) groups is 2. The first kappa shape index (κ1) is 22.1. The first-order valence-corrected chi connectivity index (χ1v) is 11.2. The normalized spacial score (nSPS) is 16.8. The highest BCUT2D eigenvalue weighted by atomic mass is 35.5. The Hall–Kier alpha value is -3.11. The Labute approximate surface area is 194 Å². The van der Waals surface area contributed by atoms with Crippen molar-refractivity contribution in [2.24, 2.45) is 0 Å². The zero-order valence-electron chi connectivity index (χ0n) is 18.8. The number of hydrogen-bond acceptors (Lipinski definition) is 2. The van der Waals surface area contributed by atoms with Gasteiger partial charge in [-0.2, -0.15) is 0 Å². The van der Waals surface area contributed by atoms with E-state index >= 15 is 0 Å². The smallest absolute Gasteiger partial charge is 0.255 e. The van der Waals surface area contributed by atoms with Crippen molar-refractivity contribution >= 4 is 34.8 Å². The van der Waals surface area contributed by atoms with E-state index < -0.39 is 6.04 Å². The molecule has 4 nitrogen and oxygen atoms in total. The molecule has 0 bridgehead atoms. The maximum Gasteiger partial charge on any atom is 0.255 e. The molecule has 0 radical (unpaired) electrons. The van der Waals surface area contributed by atoms with Crippen LogP contribution in [0.4, 0.5) is 11.4 Å². The van der Waals surface area contributed by atoms with Gasteiger partial charge in [-0.15, -0.1) is 0 Å². The van der Waals surface area contributed by atoms with Gasteiger partial charge >= 0.3 is 0 Å². The van der Waals surface area contributed by atoms with Crippen LogP contribution in [-0.2, 0) is 9.59 Å². The molecule has 1 heterocycles. The van der Waals surface area contributed by atoms with Gasteiger partial charge in [0.1, 0.15) is 12.6 Å². The molecule has 1 aliphatic heterocycles. The van der Waals surface area contributed by atoms with Crippen molar-refractivity contribution < 1.29 is 9.59 Å². The van der Waals surface area contributed by atoms with Gasteiger partial charge in [-0.25, -0.2) is 0 Å². The van der Waals surface area contributed by atoms with Crippen LogP contribution >= 0.6 is 11.6 Å². The molecule has 3 aromatic rings. The van der Waals surface area contributed by atoms with Crippen LogP contribution in [0.2, 0.25) is 5.02 Å². The Kier molecular flexibility index (Phi) is 6.07. The lowest BCUT2D eigenvalue weighted by Crippen LogP contribution is -2.56. The molecular weight excluding hydrogens is 420 g/mol. The van der Waals surface area contributed by atoms with Crippen LogP contribution in [0.25, 0.3) is 0 Å². The molecule has 0 saturated carbocycles. The lowest BCUT2D eigenvalue weighted by molar-refractivity contribution is -0.128. The van der Waals surface area contributed by atoms with E-state index in [0.29, 0.717) is 16.6 Å². The highest BCUT2D eigenvalue weighted by Crippen LogP contribution is 2.37. The molecule has 1 saturated heterocycles. The van der Waals surface area contributed by atoms with Crippen LogP contribution in [0, 0.1) is 13.8 Å². The minimum Gasteiger partial charge on any atom is -0.300 e. The zero-order valence-corrected chi connectivity index (χ0v) is 19.6. The second-order valence-electron chi connectivity index (χ2n) is 8.63. The van der Waals surface area contributed by atoms with Gasteiger partial charge in [-0.3, -0.25) is 14.5 Å². The summed E-state index contributed by atoms with van der Waals surface area (Å²) in [5.41, 5.74) is 5.39. The number of rotatable bonds is 4. The number of piperazine rings is 1. The van der Waals surface area contributed by atoms with Gasteiger partial charge in [-0.1, -0.05) is 67.9 Å². The van der Waals surface area contributed by atoms with E-state index in [-0.39, 0.29) is 18.4 Å². The highest BCUT2D eigenvalue weighted by molar-refractivity contribution is 6.30. The van der Waals surface area contributed by atoms with Crippen LogP contribution in [0.1, 0.15) is 48.1 Å². The predicted molar refractivity (Wildman–Crippen MR) is 130 cm³/mol. The molecule has 32 heavy (non-hydrogen) atoms. The van der Waals surface area contributed by atoms with Gasteiger partial charge < -0.3 is 4.90 Å². The highest BCUT2D eigenvalue weighted by Gasteiger charge is 2.42. The van der Waals surface area contributed by atoms with E-state index in [1.807, 2.05) is 56.3 Å². The zero-order chi connectivity index (χ0) is 23.0. The Morgan fingerprint density at radius 1 is 0.875 bits per heavy atom. The lowest BCUT2D eigenvalue weighted by atomic mass is 9.95. The number of amides is 2. The fourth-order valence-electron chi connectivity index (χ4n) is 4.36. The van der Waals surface area contributed by atoms with Gasteiger partial charge in [0.05, 0.1) is 5.69 Å². The number of benzene rings is 3. The van der Waals surface area contributed by atoms with Crippen molar-refractivity contribution in [2.75, 3.05) is 16.3 Å². The third-order valence-corrected chi connectivity index (χ3v) is 6.31. The SMILES string of the molecule is Cc1cccc(C)c1N1CC(=O)N(c2ccc(Cl)cc2)C(c2ccc(C(C)C)cc2)C1=O. The topological polar surface area (TPSA) is 40.6 Å². The first-order valence-electron chi connectivity index (χ1n) is 10.8. The molecule has 5 heteroatoms. The fourth-order valence-corrected chi connectivity index (χ4v) is 4.49. The molecular formula is C27H27ClN2O2. The minimum atomic E-state index is -0.752. The van der Waals surface area contributed by atoms with Crippen LogP contribution < -0.4 is 9.80 Å². The lowest BCUT2D eigenvalue weighted by Gasteiger charge is -2.41. The largest absolute Gasteiger partial charge is 0.300 e. The molecule has 0 aromatic heterocycles. The van der Waals surface area contributed by atoms with Crippen molar-refractivity contribution in [1.29, 1.82) is 0 Å². The molecule has 3 aromatic carbocycles. The number of halogens is 1. The van der Waals surface area contributed by atoms with E-state index in [4.69, 9.17) is 11.6 Å². The predicted octanol–water partition coefficient (Wildman–Crippen LogP) is 6.20. The molecule has 1 atom stereocenters. The monoisotopic (exact) mass is 446 g/mol. The van der Waals surface area contributed by atoms with Crippen molar-refractivity contribution in [3.63, 3.8) is 0 Å². The second-order valence-corrected chi connectivity index (χ2v) is 9.07. The maximum atomic E-state index is 14.0. The summed E-state index contributed by atoms with van der Waals surface area (Å²) >= 11 is 6.08. The summed E-state index contributed by atoms with van der Waals surface area (Å²) in [6.45, 7) is 8.20. The molecule has 0 aliphatic carbocycles. The number of para-hydroxylation sites is 1. The summed E-state index contributed by atoms with van der Waals surface area (Å²) in [6, 6.07) is 20.2. The van der Waals surface area contributed by atoms with E-state index in [1.165, 1.54) is 5.56 Å². The second kappa shape index (κ2) is 8.79. The first-order chi connectivity index (χ1) is 15.3. The average molecular weight is 447 g/mol. The quantitative estimate of drug-likeness (QED) is 0.478. The van der Waals surface area contributed by atoms with Gasteiger partial charge in [0.2, 0.25) is 5.91 Å². The molecule has 1 fully saturated rings. The van der Waals surface area contributed by atoms with Crippen LogP contribution in [0.15, 0.2) is 66.7 Å². The van der Waals surface area contributed by atoms with Crippen molar-refractivity contribution in [1.82, 2.24) is 0 Å². The molecule has 4 rings (SSSR count). The van der Waals surface area contributed by atoms with E-state index in [2.05, 4.69) is 13.8 Å².